The zero-order chi connectivity index (χ0) is 14.6. The van der Waals surface area contributed by atoms with Crippen LogP contribution in [-0.2, 0) is 14.6 Å². The fraction of sp³-hybridized carbons (Fsp3) is 1.00. The number of rotatable bonds is 1. The second-order valence-electron chi connectivity index (χ2n) is 8.85. The third kappa shape index (κ3) is 1.67. The van der Waals surface area contributed by atoms with Crippen LogP contribution in [0, 0.1) is 40.9 Å². The Hall–Kier alpha value is -0.0900. The fourth-order valence-electron chi connectivity index (χ4n) is 7.33. The minimum atomic E-state index is -2.76. The molecular formula is C17H26O3S. The second-order valence-corrected chi connectivity index (χ2v) is 11.0. The van der Waals surface area contributed by atoms with Crippen molar-refractivity contribution < 1.29 is 13.2 Å². The lowest BCUT2D eigenvalue weighted by Gasteiger charge is -2.41. The highest BCUT2D eigenvalue weighted by Gasteiger charge is 2.68. The Morgan fingerprint density at radius 1 is 1.14 bits per heavy atom. The first-order valence-corrected chi connectivity index (χ1v) is 10.6. The molecule has 2 aliphatic heterocycles. The van der Waals surface area contributed by atoms with Crippen molar-refractivity contribution in [3.8, 4) is 0 Å². The Labute approximate surface area is 127 Å². The van der Waals surface area contributed by atoms with Gasteiger partial charge in [-0.25, -0.2) is 8.42 Å². The summed E-state index contributed by atoms with van der Waals surface area (Å²) in [6.07, 6.45) is 5.77. The van der Waals surface area contributed by atoms with E-state index < -0.39 is 9.84 Å². The van der Waals surface area contributed by atoms with Crippen LogP contribution in [0.2, 0.25) is 0 Å². The predicted molar refractivity (Wildman–Crippen MR) is 80.5 cm³/mol. The summed E-state index contributed by atoms with van der Waals surface area (Å²) in [5.41, 5.74) is 0.170. The Bertz CT molecular complexity index is 585. The minimum absolute atomic E-state index is 0.170. The smallest absolute Gasteiger partial charge is 0.150 e. The summed E-state index contributed by atoms with van der Waals surface area (Å²) >= 11 is 0. The normalized spacial score (nSPS) is 63.3. The van der Waals surface area contributed by atoms with Crippen LogP contribution in [0.5, 0.6) is 0 Å². The van der Waals surface area contributed by atoms with Crippen LogP contribution in [0.15, 0.2) is 0 Å². The molecule has 0 aromatic heterocycles. The van der Waals surface area contributed by atoms with Gasteiger partial charge in [-0.05, 0) is 73.5 Å². The molecule has 5 aliphatic rings. The highest BCUT2D eigenvalue weighted by atomic mass is 32.2. The van der Waals surface area contributed by atoms with Crippen LogP contribution in [0.4, 0.5) is 0 Å². The maximum atomic E-state index is 12.0. The molecule has 9 unspecified atom stereocenters. The highest BCUT2D eigenvalue weighted by Crippen LogP contribution is 2.71. The number of ether oxygens (including phenoxy) is 1. The van der Waals surface area contributed by atoms with Crippen molar-refractivity contribution in [1.82, 2.24) is 0 Å². The van der Waals surface area contributed by atoms with Crippen molar-refractivity contribution in [3.05, 3.63) is 0 Å². The third-order valence-electron chi connectivity index (χ3n) is 7.86. The number of hydrogen-bond acceptors (Lipinski definition) is 3. The third-order valence-corrected chi connectivity index (χ3v) is 9.70. The highest BCUT2D eigenvalue weighted by molar-refractivity contribution is 7.91. The molecule has 5 rings (SSSR count). The molecule has 3 saturated carbocycles. The maximum Gasteiger partial charge on any atom is 0.150 e. The minimum Gasteiger partial charge on any atom is -0.370 e. The lowest BCUT2D eigenvalue weighted by molar-refractivity contribution is 0.0701. The van der Waals surface area contributed by atoms with Gasteiger partial charge < -0.3 is 4.74 Å². The van der Waals surface area contributed by atoms with E-state index in [0.29, 0.717) is 29.6 Å². The number of fused-ring (bicyclic) bond motifs is 6. The second kappa shape index (κ2) is 3.87. The molecule has 2 heterocycles. The van der Waals surface area contributed by atoms with E-state index in [0.717, 1.165) is 36.0 Å². The molecule has 0 amide bonds. The van der Waals surface area contributed by atoms with E-state index in [-0.39, 0.29) is 5.41 Å². The first-order chi connectivity index (χ1) is 9.90. The van der Waals surface area contributed by atoms with Crippen molar-refractivity contribution in [2.24, 2.45) is 40.9 Å². The van der Waals surface area contributed by atoms with Crippen molar-refractivity contribution >= 4 is 9.84 Å². The summed E-state index contributed by atoms with van der Waals surface area (Å²) < 4.78 is 29.9. The van der Waals surface area contributed by atoms with Crippen LogP contribution in [0.25, 0.3) is 0 Å². The molecule has 0 N–H and O–H groups in total. The Morgan fingerprint density at radius 3 is 2.52 bits per heavy atom. The van der Waals surface area contributed by atoms with E-state index in [1.807, 2.05) is 0 Å². The van der Waals surface area contributed by atoms with E-state index in [2.05, 4.69) is 13.8 Å². The zero-order valence-corrected chi connectivity index (χ0v) is 13.8. The molecule has 5 fully saturated rings. The topological polar surface area (TPSA) is 46.7 Å². The largest absolute Gasteiger partial charge is 0.370 e. The molecular weight excluding hydrogens is 284 g/mol. The molecule has 118 valence electrons. The average molecular weight is 310 g/mol. The van der Waals surface area contributed by atoms with Gasteiger partial charge in [-0.15, -0.1) is 0 Å². The van der Waals surface area contributed by atoms with Gasteiger partial charge in [0.05, 0.1) is 23.7 Å². The molecule has 3 nitrogen and oxygen atoms in total. The summed E-state index contributed by atoms with van der Waals surface area (Å²) in [5.74, 6) is 5.61. The number of sulfone groups is 1. The van der Waals surface area contributed by atoms with Gasteiger partial charge >= 0.3 is 0 Å². The average Bonchev–Trinajstić information content (AvgIpc) is 2.79. The summed E-state index contributed by atoms with van der Waals surface area (Å²) in [4.78, 5) is 0. The molecule has 21 heavy (non-hydrogen) atoms. The molecule has 3 aliphatic carbocycles. The molecule has 9 atom stereocenters. The van der Waals surface area contributed by atoms with Crippen LogP contribution in [0.1, 0.15) is 39.5 Å². The SMILES string of the molecule is CC1CC(C2OC2C)C2C3CC(C12)C1(CCS(=O)(=O)C1)C3. The first-order valence-electron chi connectivity index (χ1n) is 8.76. The van der Waals surface area contributed by atoms with Crippen molar-refractivity contribution in [3.63, 3.8) is 0 Å². The quantitative estimate of drug-likeness (QED) is 0.699. The monoisotopic (exact) mass is 310 g/mol. The van der Waals surface area contributed by atoms with Crippen molar-refractivity contribution in [2.75, 3.05) is 11.5 Å². The molecule has 0 aromatic carbocycles. The Kier molecular flexibility index (Phi) is 2.46. The summed E-state index contributed by atoms with van der Waals surface area (Å²) in [6, 6.07) is 0. The van der Waals surface area contributed by atoms with Crippen LogP contribution in [-0.4, -0.2) is 32.1 Å². The number of hydrogen-bond donors (Lipinski definition) is 0. The van der Waals surface area contributed by atoms with Gasteiger partial charge in [0.25, 0.3) is 0 Å². The van der Waals surface area contributed by atoms with Gasteiger partial charge in [-0.2, -0.15) is 0 Å². The standard InChI is InChI=1S/C17H26O3S/c1-9-5-12(16-10(2)20-16)15-11-6-13(14(9)15)17(7-11)3-4-21(18,19)8-17/h9-16H,3-8H2,1-2H3. The van der Waals surface area contributed by atoms with Gasteiger partial charge in [0.1, 0.15) is 0 Å². The van der Waals surface area contributed by atoms with Gasteiger partial charge in [-0.3, -0.25) is 0 Å². The summed E-state index contributed by atoms with van der Waals surface area (Å²) in [5, 5.41) is 0. The predicted octanol–water partition coefficient (Wildman–Crippen LogP) is 2.51. The van der Waals surface area contributed by atoms with Gasteiger partial charge in [0.15, 0.2) is 9.84 Å². The van der Waals surface area contributed by atoms with E-state index in [1.54, 1.807) is 0 Å². The van der Waals surface area contributed by atoms with Crippen LogP contribution in [0.3, 0.4) is 0 Å². The van der Waals surface area contributed by atoms with E-state index in [4.69, 9.17) is 4.74 Å². The molecule has 4 heteroatoms. The van der Waals surface area contributed by atoms with Crippen molar-refractivity contribution in [2.45, 2.75) is 51.7 Å². The number of epoxide rings is 1. The van der Waals surface area contributed by atoms with Gasteiger partial charge in [-0.1, -0.05) is 6.92 Å². The van der Waals surface area contributed by atoms with Gasteiger partial charge in [0, 0.05) is 0 Å². The Balaban J connectivity index is 1.46. The van der Waals surface area contributed by atoms with Crippen LogP contribution >= 0.6 is 0 Å². The lowest BCUT2D eigenvalue weighted by atomic mass is 9.63. The first kappa shape index (κ1) is 13.4. The molecule has 0 aromatic rings. The van der Waals surface area contributed by atoms with E-state index in [1.165, 1.54) is 19.3 Å². The van der Waals surface area contributed by atoms with Gasteiger partial charge in [0.2, 0.25) is 0 Å². The maximum absolute atomic E-state index is 12.0. The molecule has 2 saturated heterocycles. The lowest BCUT2D eigenvalue weighted by Crippen LogP contribution is -2.39. The summed E-state index contributed by atoms with van der Waals surface area (Å²) in [6.45, 7) is 4.63. The molecule has 0 radical (unpaired) electrons. The molecule has 2 bridgehead atoms. The van der Waals surface area contributed by atoms with Crippen LogP contribution < -0.4 is 0 Å². The summed E-state index contributed by atoms with van der Waals surface area (Å²) in [7, 11) is -2.76. The van der Waals surface area contributed by atoms with Crippen molar-refractivity contribution in [1.29, 1.82) is 0 Å². The Morgan fingerprint density at radius 2 is 1.90 bits per heavy atom. The zero-order valence-electron chi connectivity index (χ0n) is 13.0. The fourth-order valence-corrected chi connectivity index (χ4v) is 9.54. The van der Waals surface area contributed by atoms with E-state index in [9.17, 15) is 8.42 Å². The molecule has 1 spiro atoms. The van der Waals surface area contributed by atoms with E-state index >= 15 is 0 Å².